The molecule has 1 saturated carbocycles. The molecular weight excluding hydrogens is 270 g/mol. The van der Waals surface area contributed by atoms with Crippen LogP contribution in [-0.4, -0.2) is 38.9 Å². The highest BCUT2D eigenvalue weighted by molar-refractivity contribution is 5.09. The van der Waals surface area contributed by atoms with Crippen molar-refractivity contribution in [3.8, 4) is 0 Å². The van der Waals surface area contributed by atoms with Crippen molar-refractivity contribution in [3.05, 3.63) is 24.1 Å². The Morgan fingerprint density at radius 3 is 2.90 bits per heavy atom. The molecule has 1 aliphatic carbocycles. The molecule has 1 fully saturated rings. The molecule has 3 rings (SSSR count). The molecule has 0 aromatic carbocycles. The van der Waals surface area contributed by atoms with Gasteiger partial charge >= 0.3 is 0 Å². The lowest BCUT2D eigenvalue weighted by Crippen LogP contribution is -2.35. The standard InChI is InChI=1S/C14H21N5O2/c1-20-11-14(6-3-2-4-7-14)13-16-12(21-17-13)5-9-19-10-8-15-18-19/h8,10H,2-7,9,11H2,1H3. The summed E-state index contributed by atoms with van der Waals surface area (Å²) in [6.07, 6.45) is 9.98. The summed E-state index contributed by atoms with van der Waals surface area (Å²) in [5.41, 5.74) is -0.0675. The van der Waals surface area contributed by atoms with Crippen LogP contribution >= 0.6 is 0 Å². The number of methoxy groups -OCH3 is 1. The van der Waals surface area contributed by atoms with Crippen molar-refractivity contribution in [1.82, 2.24) is 25.1 Å². The lowest BCUT2D eigenvalue weighted by atomic mass is 9.74. The second-order valence-electron chi connectivity index (χ2n) is 5.70. The first kappa shape index (κ1) is 14.2. The Balaban J connectivity index is 1.70. The van der Waals surface area contributed by atoms with Crippen LogP contribution in [0.15, 0.2) is 16.9 Å². The Labute approximate surface area is 123 Å². The minimum absolute atomic E-state index is 0.0675. The van der Waals surface area contributed by atoms with E-state index in [1.165, 1.54) is 19.3 Å². The topological polar surface area (TPSA) is 78.9 Å². The van der Waals surface area contributed by atoms with Gasteiger partial charge < -0.3 is 9.26 Å². The van der Waals surface area contributed by atoms with E-state index >= 15 is 0 Å². The molecule has 7 nitrogen and oxygen atoms in total. The van der Waals surface area contributed by atoms with Crippen LogP contribution in [0.4, 0.5) is 0 Å². The highest BCUT2D eigenvalue weighted by Gasteiger charge is 2.38. The van der Waals surface area contributed by atoms with Gasteiger partial charge in [0, 0.05) is 19.7 Å². The molecule has 0 saturated heterocycles. The number of hydrogen-bond acceptors (Lipinski definition) is 6. The molecule has 0 atom stereocenters. The SMILES string of the molecule is COCC1(c2noc(CCn3ccnn3)n2)CCCCC1. The molecule has 1 aliphatic rings. The zero-order valence-electron chi connectivity index (χ0n) is 12.4. The maximum Gasteiger partial charge on any atom is 0.228 e. The molecule has 0 spiro atoms. The predicted molar refractivity (Wildman–Crippen MR) is 74.7 cm³/mol. The summed E-state index contributed by atoms with van der Waals surface area (Å²) in [6.45, 7) is 1.36. The van der Waals surface area contributed by atoms with Crippen molar-refractivity contribution in [2.75, 3.05) is 13.7 Å². The number of aromatic nitrogens is 5. The molecule has 21 heavy (non-hydrogen) atoms. The molecule has 0 N–H and O–H groups in total. The fourth-order valence-corrected chi connectivity index (χ4v) is 3.07. The van der Waals surface area contributed by atoms with Gasteiger partial charge in [0.25, 0.3) is 0 Å². The maximum atomic E-state index is 5.42. The monoisotopic (exact) mass is 291 g/mol. The summed E-state index contributed by atoms with van der Waals surface area (Å²) in [5.74, 6) is 1.46. The average molecular weight is 291 g/mol. The minimum atomic E-state index is -0.0675. The number of nitrogens with zero attached hydrogens (tertiary/aromatic N) is 5. The molecule has 0 bridgehead atoms. The van der Waals surface area contributed by atoms with E-state index in [-0.39, 0.29) is 5.41 Å². The summed E-state index contributed by atoms with van der Waals surface area (Å²) in [7, 11) is 1.74. The summed E-state index contributed by atoms with van der Waals surface area (Å²) in [6, 6.07) is 0. The van der Waals surface area contributed by atoms with Crippen molar-refractivity contribution in [3.63, 3.8) is 0 Å². The first-order valence-corrected chi connectivity index (χ1v) is 7.48. The second kappa shape index (κ2) is 6.34. The van der Waals surface area contributed by atoms with Crippen LogP contribution in [0, 0.1) is 0 Å². The van der Waals surface area contributed by atoms with E-state index in [1.807, 2.05) is 6.20 Å². The van der Waals surface area contributed by atoms with Crippen LogP contribution < -0.4 is 0 Å². The minimum Gasteiger partial charge on any atom is -0.384 e. The van der Waals surface area contributed by atoms with E-state index in [0.29, 0.717) is 25.5 Å². The van der Waals surface area contributed by atoms with Crippen molar-refractivity contribution < 1.29 is 9.26 Å². The van der Waals surface area contributed by atoms with Crippen molar-refractivity contribution in [2.24, 2.45) is 0 Å². The van der Waals surface area contributed by atoms with Crippen LogP contribution in [0.5, 0.6) is 0 Å². The molecule has 114 valence electrons. The number of aryl methyl sites for hydroxylation is 2. The largest absolute Gasteiger partial charge is 0.384 e. The summed E-state index contributed by atoms with van der Waals surface area (Å²) in [4.78, 5) is 4.60. The fraction of sp³-hybridized carbons (Fsp3) is 0.714. The Kier molecular flexibility index (Phi) is 4.28. The maximum absolute atomic E-state index is 5.42. The molecule has 2 aromatic heterocycles. The normalized spacial score (nSPS) is 18.0. The number of ether oxygens (including phenoxy) is 1. The van der Waals surface area contributed by atoms with E-state index in [4.69, 9.17) is 9.26 Å². The summed E-state index contributed by atoms with van der Waals surface area (Å²) >= 11 is 0. The molecule has 0 unspecified atom stereocenters. The number of hydrogen-bond donors (Lipinski definition) is 0. The summed E-state index contributed by atoms with van der Waals surface area (Å²) < 4.78 is 12.6. The third-order valence-electron chi connectivity index (χ3n) is 4.20. The van der Waals surface area contributed by atoms with E-state index in [1.54, 1.807) is 18.0 Å². The van der Waals surface area contributed by atoms with E-state index < -0.39 is 0 Å². The molecule has 0 amide bonds. The molecular formula is C14H21N5O2. The van der Waals surface area contributed by atoms with Gasteiger partial charge in [0.05, 0.1) is 24.8 Å². The smallest absolute Gasteiger partial charge is 0.228 e. The van der Waals surface area contributed by atoms with Gasteiger partial charge in [-0.25, -0.2) is 0 Å². The molecule has 7 heteroatoms. The third-order valence-corrected chi connectivity index (χ3v) is 4.20. The van der Waals surface area contributed by atoms with E-state index in [2.05, 4.69) is 20.5 Å². The lowest BCUT2D eigenvalue weighted by molar-refractivity contribution is 0.0961. The van der Waals surface area contributed by atoms with Crippen LogP contribution in [0.1, 0.15) is 43.8 Å². The van der Waals surface area contributed by atoms with Gasteiger partial charge in [0.1, 0.15) is 0 Å². The van der Waals surface area contributed by atoms with Crippen molar-refractivity contribution in [2.45, 2.75) is 50.5 Å². The Morgan fingerprint density at radius 1 is 1.33 bits per heavy atom. The molecule has 2 heterocycles. The van der Waals surface area contributed by atoms with Crippen molar-refractivity contribution in [1.29, 1.82) is 0 Å². The average Bonchev–Trinajstić information content (AvgIpc) is 3.18. The van der Waals surface area contributed by atoms with Crippen LogP contribution in [0.25, 0.3) is 0 Å². The van der Waals surface area contributed by atoms with Gasteiger partial charge in [0.2, 0.25) is 5.89 Å². The zero-order chi connectivity index (χ0) is 14.5. The molecule has 0 aliphatic heterocycles. The van der Waals surface area contributed by atoms with Crippen LogP contribution in [-0.2, 0) is 23.1 Å². The first-order valence-electron chi connectivity index (χ1n) is 7.48. The van der Waals surface area contributed by atoms with Crippen molar-refractivity contribution >= 4 is 0 Å². The predicted octanol–water partition coefficient (Wildman–Crippen LogP) is 1.75. The molecule has 2 aromatic rings. The zero-order valence-corrected chi connectivity index (χ0v) is 12.4. The lowest BCUT2D eigenvalue weighted by Gasteiger charge is -2.33. The van der Waals surface area contributed by atoms with Gasteiger partial charge in [-0.1, -0.05) is 29.6 Å². The quantitative estimate of drug-likeness (QED) is 0.806. The van der Waals surface area contributed by atoms with Gasteiger partial charge in [-0.3, -0.25) is 4.68 Å². The third kappa shape index (κ3) is 3.12. The fourth-order valence-electron chi connectivity index (χ4n) is 3.07. The van der Waals surface area contributed by atoms with E-state index in [9.17, 15) is 0 Å². The van der Waals surface area contributed by atoms with Crippen LogP contribution in [0.3, 0.4) is 0 Å². The highest BCUT2D eigenvalue weighted by atomic mass is 16.5. The van der Waals surface area contributed by atoms with Gasteiger partial charge in [-0.15, -0.1) is 5.10 Å². The highest BCUT2D eigenvalue weighted by Crippen LogP contribution is 2.38. The Hall–Kier alpha value is -1.76. The van der Waals surface area contributed by atoms with Gasteiger partial charge in [0.15, 0.2) is 5.82 Å². The second-order valence-corrected chi connectivity index (χ2v) is 5.70. The van der Waals surface area contributed by atoms with E-state index in [0.717, 1.165) is 18.7 Å². The molecule has 0 radical (unpaired) electrons. The first-order chi connectivity index (χ1) is 10.3. The van der Waals surface area contributed by atoms with Gasteiger partial charge in [-0.05, 0) is 12.8 Å². The Bertz CT molecular complexity index is 540. The Morgan fingerprint density at radius 2 is 2.19 bits per heavy atom. The summed E-state index contributed by atoms with van der Waals surface area (Å²) in [5, 5.41) is 11.9. The van der Waals surface area contributed by atoms with Gasteiger partial charge in [-0.2, -0.15) is 4.98 Å². The number of rotatable bonds is 6. The van der Waals surface area contributed by atoms with Crippen LogP contribution in [0.2, 0.25) is 0 Å².